The summed E-state index contributed by atoms with van der Waals surface area (Å²) in [5.41, 5.74) is 3.57. The first kappa shape index (κ1) is 9.97. The number of rotatable bonds is 2. The Morgan fingerprint density at radius 3 is 2.41 bits per heavy atom. The third-order valence-electron chi connectivity index (χ3n) is 2.98. The van der Waals surface area contributed by atoms with E-state index in [1.807, 2.05) is 18.3 Å². The minimum atomic E-state index is 0.884. The van der Waals surface area contributed by atoms with E-state index in [1.165, 1.54) is 22.0 Å². The lowest BCUT2D eigenvalue weighted by molar-refractivity contribution is 0.415. The van der Waals surface area contributed by atoms with Crippen LogP contribution < -0.4 is 4.74 Å². The van der Waals surface area contributed by atoms with Crippen LogP contribution in [0.25, 0.3) is 22.0 Å². The molecule has 2 aromatic carbocycles. The van der Waals surface area contributed by atoms with Gasteiger partial charge in [0.25, 0.3) is 0 Å². The quantitative estimate of drug-likeness (QED) is 0.701. The van der Waals surface area contributed by atoms with E-state index in [-0.39, 0.29) is 0 Å². The van der Waals surface area contributed by atoms with Crippen LogP contribution in [-0.4, -0.2) is 12.1 Å². The number of methoxy groups -OCH3 is 1. The van der Waals surface area contributed by atoms with Crippen LogP contribution in [0.5, 0.6) is 5.75 Å². The van der Waals surface area contributed by atoms with Crippen LogP contribution in [0.15, 0.2) is 54.7 Å². The topological polar surface area (TPSA) is 25.0 Å². The highest BCUT2D eigenvalue weighted by molar-refractivity contribution is 5.84. The van der Waals surface area contributed by atoms with Crippen LogP contribution in [0.4, 0.5) is 0 Å². The number of H-pyrrole nitrogens is 1. The lowest BCUT2D eigenvalue weighted by Crippen LogP contribution is -1.82. The summed E-state index contributed by atoms with van der Waals surface area (Å²) in [5.74, 6) is 0.884. The second kappa shape index (κ2) is 3.98. The molecule has 0 amide bonds. The standard InChI is InChI=1S/C15H13NO/c1-17-14-6-4-11(5-7-14)13-3-2-12-8-9-16-15(12)10-13/h2-10,16H,1H3. The van der Waals surface area contributed by atoms with Crippen molar-refractivity contribution in [3.63, 3.8) is 0 Å². The number of fused-ring (bicyclic) bond motifs is 1. The third kappa shape index (κ3) is 1.78. The Morgan fingerprint density at radius 1 is 0.882 bits per heavy atom. The minimum absolute atomic E-state index is 0.884. The van der Waals surface area contributed by atoms with Crippen LogP contribution in [0.2, 0.25) is 0 Å². The van der Waals surface area contributed by atoms with Crippen molar-refractivity contribution in [3.8, 4) is 16.9 Å². The second-order valence-electron chi connectivity index (χ2n) is 4.01. The number of nitrogens with one attached hydrogen (secondary N) is 1. The van der Waals surface area contributed by atoms with Crippen LogP contribution in [0.1, 0.15) is 0 Å². The van der Waals surface area contributed by atoms with E-state index < -0.39 is 0 Å². The molecule has 0 aliphatic carbocycles. The Hall–Kier alpha value is -2.22. The van der Waals surface area contributed by atoms with Crippen molar-refractivity contribution in [2.24, 2.45) is 0 Å². The fourth-order valence-corrected chi connectivity index (χ4v) is 2.01. The number of hydrogen-bond acceptors (Lipinski definition) is 1. The van der Waals surface area contributed by atoms with Crippen molar-refractivity contribution in [3.05, 3.63) is 54.7 Å². The van der Waals surface area contributed by atoms with Gasteiger partial charge in [0.2, 0.25) is 0 Å². The summed E-state index contributed by atoms with van der Waals surface area (Å²) < 4.78 is 5.16. The van der Waals surface area contributed by atoms with Gasteiger partial charge in [-0.25, -0.2) is 0 Å². The molecule has 0 aliphatic rings. The van der Waals surface area contributed by atoms with E-state index in [1.54, 1.807) is 7.11 Å². The normalized spacial score (nSPS) is 10.6. The Balaban J connectivity index is 2.06. The summed E-state index contributed by atoms with van der Waals surface area (Å²) in [7, 11) is 1.68. The maximum Gasteiger partial charge on any atom is 0.118 e. The summed E-state index contributed by atoms with van der Waals surface area (Å²) in [6, 6.07) is 16.6. The van der Waals surface area contributed by atoms with Gasteiger partial charge in [-0.2, -0.15) is 0 Å². The van der Waals surface area contributed by atoms with Gasteiger partial charge in [-0.05, 0) is 40.8 Å². The Bertz CT molecular complexity index is 637. The number of ether oxygens (including phenoxy) is 1. The number of aromatic amines is 1. The monoisotopic (exact) mass is 223 g/mol. The van der Waals surface area contributed by atoms with E-state index in [0.29, 0.717) is 0 Å². The molecule has 0 atom stereocenters. The lowest BCUT2D eigenvalue weighted by atomic mass is 10.0. The second-order valence-corrected chi connectivity index (χ2v) is 4.01. The van der Waals surface area contributed by atoms with Crippen molar-refractivity contribution < 1.29 is 4.74 Å². The number of benzene rings is 2. The van der Waals surface area contributed by atoms with Gasteiger partial charge in [-0.15, -0.1) is 0 Å². The highest BCUT2D eigenvalue weighted by Gasteiger charge is 2.00. The van der Waals surface area contributed by atoms with Gasteiger partial charge in [0.15, 0.2) is 0 Å². The van der Waals surface area contributed by atoms with E-state index in [2.05, 4.69) is 41.4 Å². The highest BCUT2D eigenvalue weighted by Crippen LogP contribution is 2.25. The molecule has 1 heterocycles. The molecule has 84 valence electrons. The smallest absolute Gasteiger partial charge is 0.118 e. The summed E-state index contributed by atoms with van der Waals surface area (Å²) >= 11 is 0. The number of hydrogen-bond donors (Lipinski definition) is 1. The molecule has 0 saturated carbocycles. The lowest BCUT2D eigenvalue weighted by Gasteiger charge is -2.04. The van der Waals surface area contributed by atoms with Crippen molar-refractivity contribution in [2.45, 2.75) is 0 Å². The largest absolute Gasteiger partial charge is 0.497 e. The summed E-state index contributed by atoms with van der Waals surface area (Å²) in [6.45, 7) is 0. The summed E-state index contributed by atoms with van der Waals surface area (Å²) in [5, 5.41) is 1.24. The summed E-state index contributed by atoms with van der Waals surface area (Å²) in [4.78, 5) is 3.23. The van der Waals surface area contributed by atoms with E-state index in [0.717, 1.165) is 5.75 Å². The Labute approximate surface area is 99.9 Å². The van der Waals surface area contributed by atoms with E-state index in [9.17, 15) is 0 Å². The molecule has 3 aromatic rings. The van der Waals surface area contributed by atoms with Gasteiger partial charge in [0.05, 0.1) is 7.11 Å². The molecule has 0 spiro atoms. The fourth-order valence-electron chi connectivity index (χ4n) is 2.01. The van der Waals surface area contributed by atoms with Crippen LogP contribution in [0, 0.1) is 0 Å². The van der Waals surface area contributed by atoms with Gasteiger partial charge in [0.1, 0.15) is 5.75 Å². The van der Waals surface area contributed by atoms with Gasteiger partial charge >= 0.3 is 0 Å². The summed E-state index contributed by atoms with van der Waals surface area (Å²) in [6.07, 6.45) is 1.96. The van der Waals surface area contributed by atoms with Crippen LogP contribution in [-0.2, 0) is 0 Å². The van der Waals surface area contributed by atoms with E-state index in [4.69, 9.17) is 4.74 Å². The number of aromatic nitrogens is 1. The van der Waals surface area contributed by atoms with E-state index >= 15 is 0 Å². The molecular formula is C15H13NO. The van der Waals surface area contributed by atoms with Crippen molar-refractivity contribution in [1.29, 1.82) is 0 Å². The Kier molecular flexibility index (Phi) is 2.33. The maximum absolute atomic E-state index is 5.16. The Morgan fingerprint density at radius 2 is 1.65 bits per heavy atom. The predicted octanol–water partition coefficient (Wildman–Crippen LogP) is 3.84. The first-order chi connectivity index (χ1) is 8.36. The predicted molar refractivity (Wildman–Crippen MR) is 70.3 cm³/mol. The molecule has 0 unspecified atom stereocenters. The van der Waals surface area contributed by atoms with Gasteiger partial charge in [0, 0.05) is 11.7 Å². The molecule has 2 heteroatoms. The highest BCUT2D eigenvalue weighted by atomic mass is 16.5. The van der Waals surface area contributed by atoms with Gasteiger partial charge < -0.3 is 9.72 Å². The molecule has 0 radical (unpaired) electrons. The van der Waals surface area contributed by atoms with Crippen molar-refractivity contribution in [2.75, 3.05) is 7.11 Å². The average Bonchev–Trinajstić information content (AvgIpc) is 2.86. The van der Waals surface area contributed by atoms with Crippen molar-refractivity contribution in [1.82, 2.24) is 4.98 Å². The molecule has 1 aromatic heterocycles. The van der Waals surface area contributed by atoms with Gasteiger partial charge in [-0.3, -0.25) is 0 Å². The third-order valence-corrected chi connectivity index (χ3v) is 2.98. The SMILES string of the molecule is COc1ccc(-c2ccc3cc[nH]c3c2)cc1. The van der Waals surface area contributed by atoms with Crippen LogP contribution >= 0.6 is 0 Å². The minimum Gasteiger partial charge on any atom is -0.497 e. The zero-order valence-corrected chi connectivity index (χ0v) is 9.60. The molecule has 3 rings (SSSR count). The maximum atomic E-state index is 5.16. The van der Waals surface area contributed by atoms with Gasteiger partial charge in [-0.1, -0.05) is 24.3 Å². The first-order valence-electron chi connectivity index (χ1n) is 5.58. The first-order valence-corrected chi connectivity index (χ1v) is 5.58. The van der Waals surface area contributed by atoms with Crippen molar-refractivity contribution >= 4 is 10.9 Å². The zero-order valence-electron chi connectivity index (χ0n) is 9.60. The molecule has 0 fully saturated rings. The molecule has 0 aliphatic heterocycles. The molecule has 17 heavy (non-hydrogen) atoms. The zero-order chi connectivity index (χ0) is 11.7. The fraction of sp³-hybridized carbons (Fsp3) is 0.0667. The molecule has 1 N–H and O–H groups in total. The van der Waals surface area contributed by atoms with Crippen LogP contribution in [0.3, 0.4) is 0 Å². The average molecular weight is 223 g/mol. The molecule has 2 nitrogen and oxygen atoms in total. The molecule has 0 bridgehead atoms. The molecular weight excluding hydrogens is 210 g/mol. The molecule has 0 saturated heterocycles.